The minimum atomic E-state index is -0.361. The summed E-state index contributed by atoms with van der Waals surface area (Å²) in [4.78, 5) is 13.1. The maximum atomic E-state index is 14.0. The van der Waals surface area contributed by atoms with Gasteiger partial charge in [-0.1, -0.05) is 11.6 Å². The molecule has 2 heterocycles. The number of thiazole rings is 1. The summed E-state index contributed by atoms with van der Waals surface area (Å²) < 4.78 is 20.1. The smallest absolute Gasteiger partial charge is 0.243 e. The highest BCUT2D eigenvalue weighted by atomic mass is 35.5. The summed E-state index contributed by atoms with van der Waals surface area (Å²) in [5.74, 6) is 0.145. The fraction of sp³-hybridized carbons (Fsp3) is 0.158. The van der Waals surface area contributed by atoms with Gasteiger partial charge in [-0.25, -0.2) is 19.3 Å². The number of aryl methyl sites for hydroxylation is 1. The van der Waals surface area contributed by atoms with Crippen LogP contribution in [0, 0.1) is 18.2 Å². The van der Waals surface area contributed by atoms with Gasteiger partial charge in [-0.3, -0.25) is 5.41 Å². The molecule has 4 aromatic rings. The van der Waals surface area contributed by atoms with Gasteiger partial charge >= 0.3 is 0 Å². The van der Waals surface area contributed by atoms with E-state index in [0.717, 1.165) is 10.1 Å². The van der Waals surface area contributed by atoms with Crippen molar-refractivity contribution in [2.24, 2.45) is 0 Å². The maximum Gasteiger partial charge on any atom is 0.243 e. The number of halogens is 2. The van der Waals surface area contributed by atoms with Crippen LogP contribution in [0.2, 0.25) is 5.02 Å². The minimum Gasteiger partial charge on any atom is -0.476 e. The number of fused-ring (bicyclic) bond motifs is 3. The third-order valence-electron chi connectivity index (χ3n) is 4.14. The Morgan fingerprint density at radius 2 is 2.07 bits per heavy atom. The summed E-state index contributed by atoms with van der Waals surface area (Å²) in [5.41, 5.74) is 2.28. The van der Waals surface area contributed by atoms with Crippen LogP contribution in [-0.2, 0) is 4.74 Å². The van der Waals surface area contributed by atoms with Crippen LogP contribution in [0.25, 0.3) is 21.1 Å². The van der Waals surface area contributed by atoms with Crippen molar-refractivity contribution < 1.29 is 9.13 Å². The van der Waals surface area contributed by atoms with Gasteiger partial charge < -0.3 is 10.1 Å². The Morgan fingerprint density at radius 3 is 2.86 bits per heavy atom. The molecular weight excluding hydrogens is 401 g/mol. The van der Waals surface area contributed by atoms with Crippen LogP contribution < -0.4 is 5.32 Å². The monoisotopic (exact) mass is 415 g/mol. The molecule has 0 unspecified atom stereocenters. The first kappa shape index (κ1) is 18.5. The van der Waals surface area contributed by atoms with Gasteiger partial charge in [0.25, 0.3) is 0 Å². The number of hydrogen-bond acceptors (Lipinski definition) is 7. The topological polar surface area (TPSA) is 83.8 Å². The van der Waals surface area contributed by atoms with Crippen molar-refractivity contribution in [2.45, 2.75) is 13.8 Å². The zero-order chi connectivity index (χ0) is 19.8. The van der Waals surface area contributed by atoms with E-state index in [9.17, 15) is 4.39 Å². The Labute approximate surface area is 168 Å². The van der Waals surface area contributed by atoms with E-state index >= 15 is 0 Å². The van der Waals surface area contributed by atoms with Crippen LogP contribution in [-0.4, -0.2) is 27.5 Å². The molecule has 0 saturated heterocycles. The molecule has 9 heteroatoms. The molecule has 0 aliphatic rings. The van der Waals surface area contributed by atoms with Crippen LogP contribution in [0.1, 0.15) is 17.5 Å². The van der Waals surface area contributed by atoms with Gasteiger partial charge in [0.2, 0.25) is 5.90 Å². The van der Waals surface area contributed by atoms with Crippen molar-refractivity contribution >= 4 is 61.5 Å². The molecule has 6 nitrogen and oxygen atoms in total. The summed E-state index contributed by atoms with van der Waals surface area (Å²) in [7, 11) is 0. The average molecular weight is 416 g/mol. The van der Waals surface area contributed by atoms with Gasteiger partial charge in [-0.05, 0) is 43.7 Å². The summed E-state index contributed by atoms with van der Waals surface area (Å²) in [5, 5.41) is 12.7. The maximum absolute atomic E-state index is 14.0. The Kier molecular flexibility index (Phi) is 4.82. The van der Waals surface area contributed by atoms with Gasteiger partial charge in [-0.15, -0.1) is 11.3 Å². The van der Waals surface area contributed by atoms with E-state index in [1.807, 2.05) is 19.1 Å². The Bertz CT molecular complexity index is 1230. The van der Waals surface area contributed by atoms with Crippen molar-refractivity contribution in [2.75, 3.05) is 11.9 Å². The Balaban J connectivity index is 1.88. The van der Waals surface area contributed by atoms with E-state index in [1.54, 1.807) is 13.0 Å². The molecule has 4 rings (SSSR count). The highest BCUT2D eigenvalue weighted by Crippen LogP contribution is 2.36. The van der Waals surface area contributed by atoms with Crippen LogP contribution in [0.3, 0.4) is 0 Å². The van der Waals surface area contributed by atoms with Crippen molar-refractivity contribution in [3.8, 4) is 0 Å². The molecule has 0 amide bonds. The molecule has 2 aromatic heterocycles. The Hall–Kier alpha value is -2.84. The van der Waals surface area contributed by atoms with Crippen molar-refractivity contribution in [1.29, 1.82) is 5.41 Å². The van der Waals surface area contributed by atoms with Crippen molar-refractivity contribution in [1.82, 2.24) is 15.0 Å². The van der Waals surface area contributed by atoms with Crippen molar-refractivity contribution in [3.05, 3.63) is 52.0 Å². The normalized spacial score (nSPS) is 11.1. The second-order valence-corrected chi connectivity index (χ2v) is 7.42. The average Bonchev–Trinajstić information content (AvgIpc) is 3.11. The quantitative estimate of drug-likeness (QED) is 0.342. The number of nitrogens with zero attached hydrogens (tertiary/aromatic N) is 3. The van der Waals surface area contributed by atoms with E-state index in [-0.39, 0.29) is 11.7 Å². The van der Waals surface area contributed by atoms with E-state index in [2.05, 4.69) is 20.3 Å². The second-order valence-electron chi connectivity index (χ2n) is 6.02. The molecule has 142 valence electrons. The summed E-state index contributed by atoms with van der Waals surface area (Å²) in [6.07, 6.45) is 1.43. The number of benzene rings is 2. The molecule has 0 spiro atoms. The van der Waals surface area contributed by atoms with Crippen LogP contribution >= 0.6 is 22.9 Å². The zero-order valence-corrected chi connectivity index (χ0v) is 16.6. The summed E-state index contributed by atoms with van der Waals surface area (Å²) >= 11 is 7.60. The molecule has 0 bridgehead atoms. The van der Waals surface area contributed by atoms with Crippen LogP contribution in [0.4, 0.5) is 15.9 Å². The van der Waals surface area contributed by atoms with Gasteiger partial charge in [-0.2, -0.15) is 0 Å². The lowest BCUT2D eigenvalue weighted by Crippen LogP contribution is -2.03. The third kappa shape index (κ3) is 3.25. The highest BCUT2D eigenvalue weighted by molar-refractivity contribution is 7.21. The number of hydrogen-bond donors (Lipinski definition) is 2. The first-order chi connectivity index (χ1) is 13.5. The van der Waals surface area contributed by atoms with Crippen LogP contribution in [0.5, 0.6) is 0 Å². The van der Waals surface area contributed by atoms with E-state index in [1.165, 1.54) is 23.7 Å². The van der Waals surface area contributed by atoms with E-state index < -0.39 is 0 Å². The molecule has 0 radical (unpaired) electrons. The molecule has 0 aliphatic heterocycles. The lowest BCUT2D eigenvalue weighted by atomic mass is 10.2. The molecule has 0 aliphatic carbocycles. The minimum absolute atomic E-state index is 0.0202. The number of rotatable bonds is 4. The third-order valence-corrected chi connectivity index (χ3v) is 5.54. The van der Waals surface area contributed by atoms with E-state index in [4.69, 9.17) is 21.7 Å². The number of anilines is 2. The SMILES string of the molecule is CCOC(=N)c1nc2ccc3ncnc(Nc4cc(F)c(C)cc4Cl)c3c2s1. The zero-order valence-electron chi connectivity index (χ0n) is 15.0. The highest BCUT2D eigenvalue weighted by Gasteiger charge is 2.16. The molecular formula is C19H15ClFN5OS. The standard InChI is InChI=1S/C19H15ClFN5OS/c1-3-27-17(22)19-26-13-5-4-12-15(16(13)28-19)18(24-8-23-12)25-14-7-11(21)9(2)6-10(14)20/h4-8,22H,3H2,1-2H3,(H,23,24,25). The number of aromatic nitrogens is 3. The van der Waals surface area contributed by atoms with Gasteiger partial charge in [0.05, 0.1) is 38.4 Å². The van der Waals surface area contributed by atoms with Gasteiger partial charge in [0, 0.05) is 0 Å². The van der Waals surface area contributed by atoms with Gasteiger partial charge in [0.1, 0.15) is 18.0 Å². The summed E-state index contributed by atoms with van der Waals surface area (Å²) in [6.45, 7) is 3.86. The molecule has 0 saturated carbocycles. The van der Waals surface area contributed by atoms with Crippen molar-refractivity contribution in [3.63, 3.8) is 0 Å². The molecule has 0 atom stereocenters. The van der Waals surface area contributed by atoms with E-state index in [0.29, 0.717) is 44.7 Å². The molecule has 0 fully saturated rings. The number of ether oxygens (including phenoxy) is 1. The fourth-order valence-electron chi connectivity index (χ4n) is 2.80. The Morgan fingerprint density at radius 1 is 1.29 bits per heavy atom. The van der Waals surface area contributed by atoms with Crippen LogP contribution in [0.15, 0.2) is 30.6 Å². The molecule has 28 heavy (non-hydrogen) atoms. The first-order valence-corrected chi connectivity index (χ1v) is 9.66. The predicted molar refractivity (Wildman–Crippen MR) is 111 cm³/mol. The molecule has 2 aromatic carbocycles. The second kappa shape index (κ2) is 7.29. The van der Waals surface area contributed by atoms with Gasteiger partial charge in [0.15, 0.2) is 5.01 Å². The lowest BCUT2D eigenvalue weighted by molar-refractivity contribution is 0.325. The predicted octanol–water partition coefficient (Wildman–Crippen LogP) is 5.45. The number of nitrogens with one attached hydrogen (secondary N) is 2. The summed E-state index contributed by atoms with van der Waals surface area (Å²) in [6, 6.07) is 6.57. The largest absolute Gasteiger partial charge is 0.476 e. The fourth-order valence-corrected chi connectivity index (χ4v) is 4.07. The lowest BCUT2D eigenvalue weighted by Gasteiger charge is -2.11. The first-order valence-electron chi connectivity index (χ1n) is 8.46. The molecule has 2 N–H and O–H groups in total.